The van der Waals surface area contributed by atoms with Crippen LogP contribution in [0.5, 0.6) is 0 Å². The van der Waals surface area contributed by atoms with Gasteiger partial charge in [0.15, 0.2) is 0 Å². The molecule has 6 nitrogen and oxygen atoms in total. The van der Waals surface area contributed by atoms with E-state index >= 15 is 0 Å². The first-order chi connectivity index (χ1) is 11.2. The zero-order valence-corrected chi connectivity index (χ0v) is 12.3. The minimum absolute atomic E-state index is 0.133. The van der Waals surface area contributed by atoms with Gasteiger partial charge in [0, 0.05) is 5.69 Å². The average molecular weight is 309 g/mol. The monoisotopic (exact) mass is 309 g/mol. The number of hydrogen-bond acceptors (Lipinski definition) is 4. The maximum atomic E-state index is 12.1. The third kappa shape index (κ3) is 3.55. The highest BCUT2D eigenvalue weighted by atomic mass is 16.7. The molecule has 1 saturated heterocycles. The van der Waals surface area contributed by atoms with E-state index in [0.29, 0.717) is 5.69 Å². The molecule has 0 aromatic heterocycles. The van der Waals surface area contributed by atoms with Gasteiger partial charge in [-0.05, 0) is 17.7 Å². The maximum Gasteiger partial charge on any atom is 0.331 e. The van der Waals surface area contributed by atoms with Crippen molar-refractivity contribution >= 4 is 23.8 Å². The number of urea groups is 1. The van der Waals surface area contributed by atoms with Gasteiger partial charge in [0.2, 0.25) is 12.1 Å². The van der Waals surface area contributed by atoms with Crippen LogP contribution >= 0.6 is 0 Å². The molecule has 1 atom stereocenters. The van der Waals surface area contributed by atoms with Crippen LogP contribution in [-0.2, 0) is 9.63 Å². The number of amides is 3. The Balaban J connectivity index is 1.57. The molecule has 116 valence electrons. The summed E-state index contributed by atoms with van der Waals surface area (Å²) in [5, 5.41) is 6.49. The highest BCUT2D eigenvalue weighted by Gasteiger charge is 2.43. The second-order valence-electron chi connectivity index (χ2n) is 4.97. The fraction of sp³-hybridized carbons (Fsp3) is 0.118. The molecule has 1 unspecified atom stereocenters. The van der Waals surface area contributed by atoms with Crippen molar-refractivity contribution in [2.45, 2.75) is 12.6 Å². The summed E-state index contributed by atoms with van der Waals surface area (Å²) < 4.78 is 0. The van der Waals surface area contributed by atoms with Crippen molar-refractivity contribution in [3.63, 3.8) is 0 Å². The number of benzene rings is 2. The summed E-state index contributed by atoms with van der Waals surface area (Å²) in [5.41, 5.74) is 1.49. The standard InChI is InChI=1S/C17H15N3O3/c21-15-11-16(23-18-12-13-7-3-1-4-8-13)20(15)17(22)19-14-9-5-2-6-10-14/h1-10,12,16H,11H2,(H,19,22)/b18-12+. The summed E-state index contributed by atoms with van der Waals surface area (Å²) in [5.74, 6) is -0.293. The zero-order chi connectivity index (χ0) is 16.1. The topological polar surface area (TPSA) is 71.0 Å². The lowest BCUT2D eigenvalue weighted by molar-refractivity contribution is -0.163. The molecule has 2 aromatic carbocycles. The Morgan fingerprint density at radius 3 is 2.43 bits per heavy atom. The number of imide groups is 1. The van der Waals surface area contributed by atoms with Crippen molar-refractivity contribution < 1.29 is 14.4 Å². The van der Waals surface area contributed by atoms with Gasteiger partial charge >= 0.3 is 6.03 Å². The predicted molar refractivity (Wildman–Crippen MR) is 85.8 cm³/mol. The smallest absolute Gasteiger partial charge is 0.331 e. The number of nitrogens with one attached hydrogen (secondary N) is 1. The van der Waals surface area contributed by atoms with Gasteiger partial charge in [-0.15, -0.1) is 0 Å². The van der Waals surface area contributed by atoms with E-state index in [2.05, 4.69) is 10.5 Å². The molecule has 3 amide bonds. The largest absolute Gasteiger partial charge is 0.369 e. The van der Waals surface area contributed by atoms with Crippen molar-refractivity contribution in [3.8, 4) is 0 Å². The SMILES string of the molecule is O=C1CC(O/N=C/c2ccccc2)N1C(=O)Nc1ccccc1. The highest BCUT2D eigenvalue weighted by molar-refractivity contribution is 6.04. The third-order valence-corrected chi connectivity index (χ3v) is 3.33. The van der Waals surface area contributed by atoms with E-state index in [1.54, 1.807) is 24.3 Å². The fourth-order valence-electron chi connectivity index (χ4n) is 2.12. The van der Waals surface area contributed by atoms with Crippen molar-refractivity contribution in [3.05, 3.63) is 66.2 Å². The Morgan fingerprint density at radius 2 is 1.78 bits per heavy atom. The molecule has 23 heavy (non-hydrogen) atoms. The van der Waals surface area contributed by atoms with Gasteiger partial charge in [-0.3, -0.25) is 4.79 Å². The molecule has 0 radical (unpaired) electrons. The van der Waals surface area contributed by atoms with Gasteiger partial charge in [-0.25, -0.2) is 9.69 Å². The van der Waals surface area contributed by atoms with Gasteiger partial charge in [0.05, 0.1) is 12.6 Å². The van der Waals surface area contributed by atoms with Crippen molar-refractivity contribution in [2.75, 3.05) is 5.32 Å². The molecule has 1 aliphatic rings. The average Bonchev–Trinajstić information content (AvgIpc) is 2.55. The minimum Gasteiger partial charge on any atom is -0.369 e. The van der Waals surface area contributed by atoms with Gasteiger partial charge in [-0.1, -0.05) is 53.7 Å². The first-order valence-corrected chi connectivity index (χ1v) is 7.16. The molecule has 0 spiro atoms. The molecule has 3 rings (SSSR count). The summed E-state index contributed by atoms with van der Waals surface area (Å²) in [6, 6.07) is 17.8. The first kappa shape index (κ1) is 14.8. The minimum atomic E-state index is -0.675. The van der Waals surface area contributed by atoms with E-state index in [1.165, 1.54) is 6.21 Å². The van der Waals surface area contributed by atoms with Crippen LogP contribution in [0.4, 0.5) is 10.5 Å². The molecule has 2 aromatic rings. The molecule has 0 saturated carbocycles. The Labute approximate surface area is 133 Å². The van der Waals surface area contributed by atoms with Gasteiger partial charge in [0.25, 0.3) is 0 Å². The van der Waals surface area contributed by atoms with Gasteiger partial charge < -0.3 is 10.2 Å². The normalized spacial score (nSPS) is 17.0. The Hall–Kier alpha value is -3.15. The van der Waals surface area contributed by atoms with Crippen molar-refractivity contribution in [1.82, 2.24) is 4.90 Å². The number of anilines is 1. The van der Waals surface area contributed by atoms with E-state index in [9.17, 15) is 9.59 Å². The van der Waals surface area contributed by atoms with Crippen molar-refractivity contribution in [2.24, 2.45) is 5.16 Å². The quantitative estimate of drug-likeness (QED) is 0.536. The number of hydrogen-bond donors (Lipinski definition) is 1. The summed E-state index contributed by atoms with van der Waals surface area (Å²) in [6.07, 6.45) is 0.996. The van der Waals surface area contributed by atoms with Crippen LogP contribution in [0.15, 0.2) is 65.8 Å². The van der Waals surface area contributed by atoms with Crippen molar-refractivity contribution in [1.29, 1.82) is 0 Å². The second-order valence-corrected chi connectivity index (χ2v) is 4.97. The lowest BCUT2D eigenvalue weighted by Crippen LogP contribution is -2.57. The summed E-state index contributed by atoms with van der Waals surface area (Å²) in [7, 11) is 0. The molecule has 0 aliphatic carbocycles. The Morgan fingerprint density at radius 1 is 1.13 bits per heavy atom. The van der Waals surface area contributed by atoms with E-state index in [0.717, 1.165) is 10.5 Å². The van der Waals surface area contributed by atoms with E-state index in [4.69, 9.17) is 4.84 Å². The number of β-lactam (4-membered cyclic amide) rings is 1. The predicted octanol–water partition coefficient (Wildman–Crippen LogP) is 2.83. The second kappa shape index (κ2) is 6.74. The van der Waals surface area contributed by atoms with Crippen LogP contribution < -0.4 is 5.32 Å². The molecule has 1 heterocycles. The summed E-state index contributed by atoms with van der Waals surface area (Å²) in [4.78, 5) is 30.0. The zero-order valence-electron chi connectivity index (χ0n) is 12.3. The maximum absolute atomic E-state index is 12.1. The van der Waals surface area contributed by atoms with E-state index in [-0.39, 0.29) is 12.3 Å². The number of likely N-dealkylation sites (tertiary alicyclic amines) is 1. The number of carbonyl (C=O) groups excluding carboxylic acids is 2. The van der Waals surface area contributed by atoms with Crippen LogP contribution in [0.25, 0.3) is 0 Å². The number of carbonyl (C=O) groups is 2. The molecular weight excluding hydrogens is 294 g/mol. The molecule has 6 heteroatoms. The lowest BCUT2D eigenvalue weighted by atomic mass is 10.2. The Bertz CT molecular complexity index is 716. The third-order valence-electron chi connectivity index (χ3n) is 3.33. The number of rotatable bonds is 4. The molecule has 0 bridgehead atoms. The summed E-state index contributed by atoms with van der Waals surface area (Å²) in [6.45, 7) is 0. The fourth-order valence-corrected chi connectivity index (χ4v) is 2.12. The van der Waals surface area contributed by atoms with Crippen LogP contribution in [0.3, 0.4) is 0 Å². The number of nitrogens with zero attached hydrogens (tertiary/aromatic N) is 2. The lowest BCUT2D eigenvalue weighted by Gasteiger charge is -2.35. The van der Waals surface area contributed by atoms with Crippen LogP contribution in [0.1, 0.15) is 12.0 Å². The van der Waals surface area contributed by atoms with Gasteiger partial charge in [0.1, 0.15) is 0 Å². The van der Waals surface area contributed by atoms with Crippen LogP contribution in [0, 0.1) is 0 Å². The highest BCUT2D eigenvalue weighted by Crippen LogP contribution is 2.22. The molecule has 1 fully saturated rings. The summed E-state index contributed by atoms with van der Waals surface area (Å²) >= 11 is 0. The Kier molecular flexibility index (Phi) is 4.33. The molecule has 1 N–H and O–H groups in total. The van der Waals surface area contributed by atoms with Gasteiger partial charge in [-0.2, -0.15) is 0 Å². The van der Waals surface area contributed by atoms with Crippen LogP contribution in [-0.4, -0.2) is 29.3 Å². The number of oxime groups is 1. The van der Waals surface area contributed by atoms with Crippen LogP contribution in [0.2, 0.25) is 0 Å². The van der Waals surface area contributed by atoms with E-state index < -0.39 is 12.3 Å². The first-order valence-electron chi connectivity index (χ1n) is 7.16. The molecule has 1 aliphatic heterocycles. The number of para-hydroxylation sites is 1. The molecular formula is C17H15N3O3. The van der Waals surface area contributed by atoms with E-state index in [1.807, 2.05) is 36.4 Å².